The van der Waals surface area contributed by atoms with Gasteiger partial charge in [0.25, 0.3) is 0 Å². The van der Waals surface area contributed by atoms with Crippen LogP contribution in [-0.2, 0) is 0 Å². The summed E-state index contributed by atoms with van der Waals surface area (Å²) in [6.45, 7) is 1.09. The molecule has 1 aromatic rings. The van der Waals surface area contributed by atoms with E-state index in [2.05, 4.69) is 27.3 Å². The second-order valence-electron chi connectivity index (χ2n) is 4.23. The topological polar surface area (TPSA) is 30.5 Å². The van der Waals surface area contributed by atoms with Crippen molar-refractivity contribution in [3.63, 3.8) is 0 Å². The van der Waals surface area contributed by atoms with Crippen molar-refractivity contribution < 1.29 is 9.47 Å². The van der Waals surface area contributed by atoms with E-state index < -0.39 is 0 Å². The first-order valence-electron chi connectivity index (χ1n) is 5.91. The van der Waals surface area contributed by atoms with Crippen molar-refractivity contribution in [2.24, 2.45) is 0 Å². The maximum absolute atomic E-state index is 5.35. The lowest BCUT2D eigenvalue weighted by atomic mass is 9.97. The Balaban J connectivity index is 0.00000162. The smallest absolute Gasteiger partial charge is 0.161 e. The van der Waals surface area contributed by atoms with Gasteiger partial charge in [-0.05, 0) is 37.1 Å². The van der Waals surface area contributed by atoms with Crippen LogP contribution in [0.4, 0.5) is 0 Å². The van der Waals surface area contributed by atoms with Crippen LogP contribution in [-0.4, -0.2) is 20.8 Å². The molecule has 0 aromatic heterocycles. The molecular weight excluding hydrogens is 318 g/mol. The van der Waals surface area contributed by atoms with E-state index in [0.29, 0.717) is 6.04 Å². The predicted molar refractivity (Wildman–Crippen MR) is 79.1 cm³/mol. The Morgan fingerprint density at radius 2 is 1.83 bits per heavy atom. The van der Waals surface area contributed by atoms with Gasteiger partial charge in [-0.1, -0.05) is 22.4 Å². The highest BCUT2D eigenvalue weighted by Gasteiger charge is 2.19. The van der Waals surface area contributed by atoms with Crippen LogP contribution < -0.4 is 14.8 Å². The lowest BCUT2D eigenvalue weighted by Crippen LogP contribution is -2.27. The molecule has 1 aromatic carbocycles. The van der Waals surface area contributed by atoms with Crippen molar-refractivity contribution in [1.29, 1.82) is 0 Å². The standard InChI is InChI=1S/C13H18BrNO2.ClH/c1-16-12-7-9(10(14)8-13(12)17-2)11-5-3-4-6-15-11;/h7-8,11,15H,3-6H2,1-2H3;1H/t11-;/m0./s1. The maximum Gasteiger partial charge on any atom is 0.161 e. The minimum atomic E-state index is 0. The number of hydrogen-bond acceptors (Lipinski definition) is 3. The normalized spacial score (nSPS) is 18.9. The molecule has 0 aliphatic carbocycles. The van der Waals surface area contributed by atoms with E-state index in [9.17, 15) is 0 Å². The van der Waals surface area contributed by atoms with Crippen molar-refractivity contribution >= 4 is 28.3 Å². The van der Waals surface area contributed by atoms with Crippen molar-refractivity contribution in [1.82, 2.24) is 5.32 Å². The molecule has 1 aliphatic heterocycles. The Kier molecular flexibility index (Phi) is 6.26. The predicted octanol–water partition coefficient (Wildman–Crippen LogP) is 3.70. The fourth-order valence-corrected chi connectivity index (χ4v) is 2.85. The van der Waals surface area contributed by atoms with Gasteiger partial charge in [-0.25, -0.2) is 0 Å². The summed E-state index contributed by atoms with van der Waals surface area (Å²) in [6.07, 6.45) is 3.72. The molecule has 2 rings (SSSR count). The first-order chi connectivity index (χ1) is 8.26. The summed E-state index contributed by atoms with van der Waals surface area (Å²) in [4.78, 5) is 0. The highest BCUT2D eigenvalue weighted by molar-refractivity contribution is 9.10. The van der Waals surface area contributed by atoms with E-state index in [1.165, 1.54) is 24.8 Å². The average molecular weight is 337 g/mol. The van der Waals surface area contributed by atoms with E-state index in [4.69, 9.17) is 9.47 Å². The van der Waals surface area contributed by atoms with Gasteiger partial charge in [-0.15, -0.1) is 12.4 Å². The monoisotopic (exact) mass is 335 g/mol. The van der Waals surface area contributed by atoms with Gasteiger partial charge in [0, 0.05) is 10.5 Å². The van der Waals surface area contributed by atoms with Crippen LogP contribution in [0.15, 0.2) is 16.6 Å². The molecule has 1 fully saturated rings. The summed E-state index contributed by atoms with van der Waals surface area (Å²) in [5, 5.41) is 3.54. The maximum atomic E-state index is 5.35. The van der Waals surface area contributed by atoms with Crippen LogP contribution in [0, 0.1) is 0 Å². The zero-order chi connectivity index (χ0) is 12.3. The second kappa shape index (κ2) is 7.22. The number of halogens is 2. The molecule has 1 heterocycles. The Morgan fingerprint density at radius 1 is 1.17 bits per heavy atom. The van der Waals surface area contributed by atoms with Crippen LogP contribution in [0.1, 0.15) is 30.9 Å². The molecule has 1 saturated heterocycles. The third-order valence-electron chi connectivity index (χ3n) is 3.19. The highest BCUT2D eigenvalue weighted by atomic mass is 79.9. The van der Waals surface area contributed by atoms with Crippen LogP contribution in [0.5, 0.6) is 11.5 Å². The molecule has 0 radical (unpaired) electrons. The third-order valence-corrected chi connectivity index (χ3v) is 3.88. The third kappa shape index (κ3) is 3.31. The fourth-order valence-electron chi connectivity index (χ4n) is 2.25. The Labute approximate surface area is 123 Å². The molecular formula is C13H19BrClNO2. The van der Waals surface area contributed by atoms with Crippen molar-refractivity contribution in [2.45, 2.75) is 25.3 Å². The van der Waals surface area contributed by atoms with Gasteiger partial charge in [-0.3, -0.25) is 0 Å². The van der Waals surface area contributed by atoms with Crippen molar-refractivity contribution in [3.8, 4) is 11.5 Å². The van der Waals surface area contributed by atoms with Gasteiger partial charge < -0.3 is 14.8 Å². The number of rotatable bonds is 3. The lowest BCUT2D eigenvalue weighted by molar-refractivity contribution is 0.351. The Bertz CT molecular complexity index is 395. The number of hydrogen-bond donors (Lipinski definition) is 1. The van der Waals surface area contributed by atoms with E-state index in [0.717, 1.165) is 22.5 Å². The molecule has 0 unspecified atom stereocenters. The van der Waals surface area contributed by atoms with Crippen molar-refractivity contribution in [3.05, 3.63) is 22.2 Å². The summed E-state index contributed by atoms with van der Waals surface area (Å²) in [5.74, 6) is 1.55. The lowest BCUT2D eigenvalue weighted by Gasteiger charge is -2.25. The van der Waals surface area contributed by atoms with E-state index in [-0.39, 0.29) is 12.4 Å². The minimum Gasteiger partial charge on any atom is -0.493 e. The largest absolute Gasteiger partial charge is 0.493 e. The molecule has 1 N–H and O–H groups in total. The SMILES string of the molecule is COc1cc(Br)c([C@@H]2CCCCN2)cc1OC.Cl. The quantitative estimate of drug-likeness (QED) is 0.913. The number of piperidine rings is 1. The number of nitrogens with one attached hydrogen (secondary N) is 1. The molecule has 102 valence electrons. The Morgan fingerprint density at radius 3 is 2.39 bits per heavy atom. The molecule has 5 heteroatoms. The van der Waals surface area contributed by atoms with E-state index in [1.54, 1.807) is 14.2 Å². The van der Waals surface area contributed by atoms with Crippen molar-refractivity contribution in [2.75, 3.05) is 20.8 Å². The molecule has 18 heavy (non-hydrogen) atoms. The molecule has 3 nitrogen and oxygen atoms in total. The van der Waals surface area contributed by atoms with Crippen LogP contribution in [0.25, 0.3) is 0 Å². The summed E-state index contributed by atoms with van der Waals surface area (Å²) in [7, 11) is 3.33. The van der Waals surface area contributed by atoms with Gasteiger partial charge in [0.15, 0.2) is 11.5 Å². The molecule has 0 amide bonds. The molecule has 0 saturated carbocycles. The average Bonchev–Trinajstić information content (AvgIpc) is 2.39. The summed E-state index contributed by atoms with van der Waals surface area (Å²) in [6, 6.07) is 4.45. The van der Waals surface area contributed by atoms with Crippen LogP contribution >= 0.6 is 28.3 Å². The van der Waals surface area contributed by atoms with Gasteiger partial charge in [0.05, 0.1) is 14.2 Å². The zero-order valence-electron chi connectivity index (χ0n) is 10.7. The summed E-state index contributed by atoms with van der Waals surface area (Å²) >= 11 is 3.61. The number of methoxy groups -OCH3 is 2. The highest BCUT2D eigenvalue weighted by Crippen LogP contribution is 2.37. The summed E-state index contributed by atoms with van der Waals surface area (Å²) < 4.78 is 11.7. The molecule has 0 spiro atoms. The van der Waals surface area contributed by atoms with Gasteiger partial charge in [-0.2, -0.15) is 0 Å². The minimum absolute atomic E-state index is 0. The van der Waals surface area contributed by atoms with Gasteiger partial charge >= 0.3 is 0 Å². The van der Waals surface area contributed by atoms with Gasteiger partial charge in [0.1, 0.15) is 0 Å². The first kappa shape index (κ1) is 15.6. The Hall–Kier alpha value is -0.450. The van der Waals surface area contributed by atoms with Gasteiger partial charge in [0.2, 0.25) is 0 Å². The van der Waals surface area contributed by atoms with E-state index >= 15 is 0 Å². The van der Waals surface area contributed by atoms with Crippen LogP contribution in [0.2, 0.25) is 0 Å². The number of benzene rings is 1. The summed E-state index contributed by atoms with van der Waals surface area (Å²) in [5.41, 5.74) is 1.25. The molecule has 0 bridgehead atoms. The fraction of sp³-hybridized carbons (Fsp3) is 0.538. The molecule has 1 atom stereocenters. The zero-order valence-corrected chi connectivity index (χ0v) is 13.1. The number of ether oxygens (including phenoxy) is 2. The first-order valence-corrected chi connectivity index (χ1v) is 6.70. The molecule has 1 aliphatic rings. The van der Waals surface area contributed by atoms with E-state index in [1.807, 2.05) is 6.07 Å². The van der Waals surface area contributed by atoms with Crippen LogP contribution in [0.3, 0.4) is 0 Å². The second-order valence-corrected chi connectivity index (χ2v) is 5.09.